The Bertz CT molecular complexity index is 527. The Morgan fingerprint density at radius 3 is 1.77 bits per heavy atom. The Morgan fingerprint density at radius 1 is 1.09 bits per heavy atom. The molecule has 22 heavy (non-hydrogen) atoms. The molecule has 1 aromatic carbocycles. The molecule has 124 valence electrons. The van der Waals surface area contributed by atoms with Crippen LogP contribution in [0.2, 0.25) is 0 Å². The number of hydrogen-bond donors (Lipinski definition) is 2. The van der Waals surface area contributed by atoms with E-state index < -0.39 is 23.0 Å². The monoisotopic (exact) mass is 369 g/mol. The van der Waals surface area contributed by atoms with Crippen LogP contribution in [-0.2, 0) is 10.8 Å². The van der Waals surface area contributed by atoms with E-state index in [1.54, 1.807) is 0 Å². The lowest BCUT2D eigenvalue weighted by molar-refractivity contribution is -0.300. The molecule has 1 aromatic rings. The Hall–Kier alpha value is -0.840. The van der Waals surface area contributed by atoms with Gasteiger partial charge in [-0.05, 0) is 29.7 Å². The van der Waals surface area contributed by atoms with Crippen LogP contribution >= 0.6 is 15.9 Å². The highest BCUT2D eigenvalue weighted by atomic mass is 79.9. The molecule has 0 saturated heterocycles. The first-order valence-corrected chi connectivity index (χ1v) is 8.12. The minimum absolute atomic E-state index is 0.0833. The molecule has 2 N–H and O–H groups in total. The van der Waals surface area contributed by atoms with Gasteiger partial charge in [0.05, 0.1) is 12.2 Å². The molecule has 0 saturated carbocycles. The third-order valence-electron chi connectivity index (χ3n) is 4.47. The van der Waals surface area contributed by atoms with Gasteiger partial charge in [-0.15, -0.1) is 12.3 Å². The average molecular weight is 370 g/mol. The zero-order chi connectivity index (χ0) is 17.5. The van der Waals surface area contributed by atoms with Crippen molar-refractivity contribution in [1.29, 1.82) is 0 Å². The average Bonchev–Trinajstić information content (AvgIpc) is 2.37. The minimum atomic E-state index is -0.755. The van der Waals surface area contributed by atoms with Gasteiger partial charge in [0.2, 0.25) is 0 Å². The second kappa shape index (κ2) is 6.34. The van der Waals surface area contributed by atoms with Crippen LogP contribution in [0.4, 0.5) is 0 Å². The minimum Gasteiger partial charge on any atom is -0.876 e. The summed E-state index contributed by atoms with van der Waals surface area (Å²) in [6.45, 7) is 14.4. The van der Waals surface area contributed by atoms with Gasteiger partial charge < -0.3 is 15.3 Å². The lowest BCUT2D eigenvalue weighted by atomic mass is 9.60. The number of benzene rings is 1. The number of fused-ring (bicyclic) bond motifs is 1. The van der Waals surface area contributed by atoms with Gasteiger partial charge in [-0.2, -0.15) is 0 Å². The van der Waals surface area contributed by atoms with Gasteiger partial charge in [0.1, 0.15) is 0 Å². The van der Waals surface area contributed by atoms with Gasteiger partial charge in [-0.3, -0.25) is 0 Å². The van der Waals surface area contributed by atoms with Gasteiger partial charge in [-0.1, -0.05) is 56.6 Å². The number of allylic oxidation sites excluding steroid dienone is 1. The summed E-state index contributed by atoms with van der Waals surface area (Å²) < 4.78 is 1.05. The fourth-order valence-electron chi connectivity index (χ4n) is 2.86. The summed E-state index contributed by atoms with van der Waals surface area (Å²) in [4.78, 5) is 0. The first kappa shape index (κ1) is 19.2. The van der Waals surface area contributed by atoms with E-state index in [2.05, 4.69) is 34.6 Å². The molecular weight excluding hydrogens is 344 g/mol. The molecule has 0 radical (unpaired) electrons. The predicted octanol–water partition coefficient (Wildman–Crippen LogP) is 2.93. The lowest BCUT2D eigenvalue weighted by Crippen LogP contribution is -2.56. The zero-order valence-electron chi connectivity index (χ0n) is 14.2. The van der Waals surface area contributed by atoms with E-state index in [9.17, 15) is 15.3 Å². The van der Waals surface area contributed by atoms with Crippen molar-refractivity contribution in [2.45, 2.75) is 64.6 Å². The molecule has 0 bridgehead atoms. The Balaban J connectivity index is 0.000000541. The molecule has 1 aliphatic rings. The third kappa shape index (κ3) is 3.39. The SMILES string of the molecule is C=C(C)[O-].Cc1cc2c(cc1Br)C(C)(C)[C@H](O)[C@H](O)C2(C)C. The van der Waals surface area contributed by atoms with Crippen molar-refractivity contribution >= 4 is 15.9 Å². The summed E-state index contributed by atoms with van der Waals surface area (Å²) in [5, 5.41) is 30.1. The summed E-state index contributed by atoms with van der Waals surface area (Å²) in [6.07, 6.45) is -1.50. The Labute approximate surface area is 141 Å². The van der Waals surface area contributed by atoms with E-state index in [0.717, 1.165) is 21.2 Å². The lowest BCUT2D eigenvalue weighted by Gasteiger charge is -2.49. The molecule has 2 atom stereocenters. The number of aryl methyl sites for hydroxylation is 1. The first-order valence-electron chi connectivity index (χ1n) is 7.33. The fourth-order valence-corrected chi connectivity index (χ4v) is 3.20. The van der Waals surface area contributed by atoms with Crippen molar-refractivity contribution in [3.8, 4) is 0 Å². The number of aliphatic hydroxyl groups is 2. The van der Waals surface area contributed by atoms with Gasteiger partial charge in [0, 0.05) is 15.3 Å². The van der Waals surface area contributed by atoms with Crippen molar-refractivity contribution in [2.24, 2.45) is 0 Å². The van der Waals surface area contributed by atoms with Crippen LogP contribution in [-0.4, -0.2) is 22.4 Å². The van der Waals surface area contributed by atoms with E-state index in [1.165, 1.54) is 6.92 Å². The van der Waals surface area contributed by atoms with Crippen LogP contribution in [0.15, 0.2) is 28.9 Å². The summed E-state index contributed by atoms with van der Waals surface area (Å²) in [7, 11) is 0. The molecule has 0 aromatic heterocycles. The molecule has 1 aliphatic carbocycles. The maximum absolute atomic E-state index is 10.4. The van der Waals surface area contributed by atoms with Crippen LogP contribution < -0.4 is 5.11 Å². The Morgan fingerprint density at radius 2 is 1.41 bits per heavy atom. The van der Waals surface area contributed by atoms with Crippen molar-refractivity contribution in [1.82, 2.24) is 0 Å². The van der Waals surface area contributed by atoms with E-state index in [1.807, 2.05) is 34.6 Å². The number of halogens is 1. The topological polar surface area (TPSA) is 63.5 Å². The van der Waals surface area contributed by atoms with Crippen LogP contribution in [0, 0.1) is 6.92 Å². The molecule has 0 aliphatic heterocycles. The second-order valence-corrected chi connectivity index (χ2v) is 8.04. The molecule has 0 fully saturated rings. The number of aliphatic hydroxyl groups excluding tert-OH is 2. The van der Waals surface area contributed by atoms with E-state index >= 15 is 0 Å². The van der Waals surface area contributed by atoms with Crippen molar-refractivity contribution in [3.05, 3.63) is 45.6 Å². The molecule has 2 rings (SSSR count). The van der Waals surface area contributed by atoms with Gasteiger partial charge in [0.15, 0.2) is 0 Å². The van der Waals surface area contributed by atoms with Crippen LogP contribution in [0.1, 0.15) is 51.3 Å². The van der Waals surface area contributed by atoms with Crippen molar-refractivity contribution < 1.29 is 15.3 Å². The molecule has 0 heterocycles. The van der Waals surface area contributed by atoms with Crippen LogP contribution in [0.3, 0.4) is 0 Å². The van der Waals surface area contributed by atoms with E-state index in [-0.39, 0.29) is 5.76 Å². The number of hydrogen-bond acceptors (Lipinski definition) is 3. The summed E-state index contributed by atoms with van der Waals surface area (Å²) >= 11 is 3.55. The first-order chi connectivity index (χ1) is 9.83. The second-order valence-electron chi connectivity index (χ2n) is 7.18. The quantitative estimate of drug-likeness (QED) is 0.691. The highest BCUT2D eigenvalue weighted by molar-refractivity contribution is 9.10. The summed E-state index contributed by atoms with van der Waals surface area (Å²) in [5.74, 6) is -0.0833. The van der Waals surface area contributed by atoms with E-state index in [4.69, 9.17) is 0 Å². The van der Waals surface area contributed by atoms with Crippen molar-refractivity contribution in [2.75, 3.05) is 0 Å². The Kier molecular flexibility index (Phi) is 5.54. The van der Waals surface area contributed by atoms with Gasteiger partial charge >= 0.3 is 0 Å². The fraction of sp³-hybridized carbons (Fsp3) is 0.556. The third-order valence-corrected chi connectivity index (χ3v) is 5.32. The summed E-state index contributed by atoms with van der Waals surface area (Å²) in [6, 6.07) is 4.21. The zero-order valence-corrected chi connectivity index (χ0v) is 15.8. The molecule has 4 heteroatoms. The maximum Gasteiger partial charge on any atom is 0.0898 e. The number of rotatable bonds is 0. The molecule has 0 spiro atoms. The molecule has 3 nitrogen and oxygen atoms in total. The van der Waals surface area contributed by atoms with Gasteiger partial charge in [-0.25, -0.2) is 0 Å². The van der Waals surface area contributed by atoms with Crippen molar-refractivity contribution in [3.63, 3.8) is 0 Å². The normalized spacial score (nSPS) is 24.8. The highest BCUT2D eigenvalue weighted by Gasteiger charge is 2.50. The molecule has 0 unspecified atom stereocenters. The largest absolute Gasteiger partial charge is 0.876 e. The predicted molar refractivity (Wildman–Crippen MR) is 91.8 cm³/mol. The smallest absolute Gasteiger partial charge is 0.0898 e. The van der Waals surface area contributed by atoms with Crippen LogP contribution in [0.5, 0.6) is 0 Å². The van der Waals surface area contributed by atoms with E-state index in [0.29, 0.717) is 0 Å². The highest BCUT2D eigenvalue weighted by Crippen LogP contribution is 2.47. The van der Waals surface area contributed by atoms with Gasteiger partial charge in [0.25, 0.3) is 0 Å². The molecular formula is C18H26BrO3-. The molecule has 0 amide bonds. The van der Waals surface area contributed by atoms with Crippen LogP contribution in [0.25, 0.3) is 0 Å². The summed E-state index contributed by atoms with van der Waals surface area (Å²) in [5.41, 5.74) is 2.52. The standard InChI is InChI=1S/C15H21BrO2.C3H6O/c1-8-6-9-10(7-11(8)16)15(4,5)13(18)12(17)14(9,2)3;1-3(2)4/h6-7,12-13,17-18H,1-5H3;4H,1H2,2H3/p-1/t12-,13+;/m0./s1. The maximum atomic E-state index is 10.4.